The minimum Gasteiger partial charge on any atom is -0.309 e. The van der Waals surface area contributed by atoms with E-state index in [4.69, 9.17) is 0 Å². The highest BCUT2D eigenvalue weighted by atomic mass is 15.0. The van der Waals surface area contributed by atoms with Gasteiger partial charge in [0, 0.05) is 22.1 Å². The molecular weight excluding hydrogens is 567 g/mol. The molecule has 47 heavy (non-hydrogen) atoms. The lowest BCUT2D eigenvalue weighted by molar-refractivity contribution is 0.855. The summed E-state index contributed by atoms with van der Waals surface area (Å²) in [6.07, 6.45) is 9.97. The van der Waals surface area contributed by atoms with Crippen LogP contribution in [-0.4, -0.2) is 4.57 Å². The molecule has 1 aromatic heterocycles. The van der Waals surface area contributed by atoms with Crippen LogP contribution in [0.3, 0.4) is 0 Å². The van der Waals surface area contributed by atoms with E-state index in [9.17, 15) is 0 Å². The number of aromatic nitrogens is 1. The second kappa shape index (κ2) is 11.5. The third-order valence-electron chi connectivity index (χ3n) is 9.75. The standard InChI is InChI=1S/C46H33N/c1-4-12-32(13-5-1)35-20-22-36(23-21-35)39-26-29-44(41-19-11-10-18-40(39)41)47-45-27-24-37(33-14-6-2-7-15-33)30-42(45)43-31-38(25-28-46(43)47)34-16-8-3-9-17-34/h1-16,18-31,34H,17H2. The molecule has 0 spiro atoms. The Labute approximate surface area is 275 Å². The van der Waals surface area contributed by atoms with E-state index in [0.717, 1.165) is 6.42 Å². The monoisotopic (exact) mass is 599 g/mol. The van der Waals surface area contributed by atoms with Gasteiger partial charge in [-0.05, 0) is 81.1 Å². The fourth-order valence-corrected chi connectivity index (χ4v) is 7.37. The van der Waals surface area contributed by atoms with Gasteiger partial charge in [0.2, 0.25) is 0 Å². The minimum atomic E-state index is 0.397. The van der Waals surface area contributed by atoms with Crippen molar-refractivity contribution in [3.63, 3.8) is 0 Å². The number of rotatable bonds is 5. The summed E-state index contributed by atoms with van der Waals surface area (Å²) in [6, 6.07) is 57.8. The van der Waals surface area contributed by atoms with Crippen molar-refractivity contribution >= 4 is 32.6 Å². The van der Waals surface area contributed by atoms with Crippen LogP contribution in [0.15, 0.2) is 182 Å². The molecule has 1 heterocycles. The highest BCUT2D eigenvalue weighted by Crippen LogP contribution is 2.41. The predicted molar refractivity (Wildman–Crippen MR) is 200 cm³/mol. The topological polar surface area (TPSA) is 4.93 Å². The zero-order valence-electron chi connectivity index (χ0n) is 26.1. The number of hydrogen-bond donors (Lipinski definition) is 0. The molecule has 222 valence electrons. The lowest BCUT2D eigenvalue weighted by Gasteiger charge is -2.16. The van der Waals surface area contributed by atoms with Crippen LogP contribution < -0.4 is 0 Å². The van der Waals surface area contributed by atoms with Crippen LogP contribution in [0, 0.1) is 0 Å². The van der Waals surface area contributed by atoms with Crippen LogP contribution in [0.2, 0.25) is 0 Å². The Bertz CT molecular complexity index is 2460. The molecule has 9 rings (SSSR count). The Kier molecular flexibility index (Phi) is 6.68. The van der Waals surface area contributed by atoms with E-state index >= 15 is 0 Å². The lowest BCUT2D eigenvalue weighted by Crippen LogP contribution is -1.98. The van der Waals surface area contributed by atoms with Crippen molar-refractivity contribution in [2.45, 2.75) is 12.3 Å². The summed E-state index contributed by atoms with van der Waals surface area (Å²) in [6.45, 7) is 0. The summed E-state index contributed by atoms with van der Waals surface area (Å²) in [5.41, 5.74) is 12.4. The molecular formula is C46H33N. The van der Waals surface area contributed by atoms with Gasteiger partial charge in [-0.2, -0.15) is 0 Å². The first kappa shape index (κ1) is 27.4. The second-order valence-electron chi connectivity index (χ2n) is 12.5. The van der Waals surface area contributed by atoms with Gasteiger partial charge in [0.25, 0.3) is 0 Å². The summed E-state index contributed by atoms with van der Waals surface area (Å²) in [4.78, 5) is 0. The van der Waals surface area contributed by atoms with E-state index in [-0.39, 0.29) is 0 Å². The van der Waals surface area contributed by atoms with Crippen LogP contribution in [0.5, 0.6) is 0 Å². The van der Waals surface area contributed by atoms with E-state index in [1.165, 1.54) is 77.2 Å². The Balaban J connectivity index is 1.24. The molecule has 0 fully saturated rings. The molecule has 0 bridgehead atoms. The fourth-order valence-electron chi connectivity index (χ4n) is 7.37. The van der Waals surface area contributed by atoms with Crippen LogP contribution in [0.1, 0.15) is 17.9 Å². The molecule has 1 aliphatic rings. The Morgan fingerprint density at radius 3 is 1.74 bits per heavy atom. The zero-order chi connectivity index (χ0) is 31.2. The van der Waals surface area contributed by atoms with Gasteiger partial charge in [0.1, 0.15) is 0 Å². The summed E-state index contributed by atoms with van der Waals surface area (Å²) in [5, 5.41) is 5.07. The number of hydrogen-bond acceptors (Lipinski definition) is 0. The van der Waals surface area contributed by atoms with Gasteiger partial charge in [-0.3, -0.25) is 0 Å². The second-order valence-corrected chi connectivity index (χ2v) is 12.5. The lowest BCUT2D eigenvalue weighted by atomic mass is 9.91. The molecule has 0 saturated carbocycles. The Morgan fingerprint density at radius 2 is 1.02 bits per heavy atom. The highest BCUT2D eigenvalue weighted by molar-refractivity contribution is 6.12. The Hall–Kier alpha value is -5.92. The third-order valence-corrected chi connectivity index (χ3v) is 9.75. The minimum absolute atomic E-state index is 0.397. The van der Waals surface area contributed by atoms with Crippen molar-refractivity contribution in [3.05, 3.63) is 188 Å². The first-order chi connectivity index (χ1) is 23.3. The molecule has 0 amide bonds. The van der Waals surface area contributed by atoms with Crippen molar-refractivity contribution in [3.8, 4) is 39.1 Å². The molecule has 1 aliphatic carbocycles. The van der Waals surface area contributed by atoms with Crippen molar-refractivity contribution in [2.24, 2.45) is 0 Å². The molecule has 1 heteroatoms. The van der Waals surface area contributed by atoms with Crippen LogP contribution in [0.25, 0.3) is 71.6 Å². The smallest absolute Gasteiger partial charge is 0.0541 e. The number of benzene rings is 7. The van der Waals surface area contributed by atoms with Gasteiger partial charge < -0.3 is 4.57 Å². The van der Waals surface area contributed by atoms with Gasteiger partial charge in [-0.25, -0.2) is 0 Å². The van der Waals surface area contributed by atoms with E-state index in [1.54, 1.807) is 0 Å². The van der Waals surface area contributed by atoms with Gasteiger partial charge in [-0.1, -0.05) is 152 Å². The molecule has 8 aromatic rings. The predicted octanol–water partition coefficient (Wildman–Crippen LogP) is 12.5. The maximum absolute atomic E-state index is 2.48. The molecule has 1 nitrogen and oxygen atoms in total. The number of fused-ring (bicyclic) bond motifs is 4. The quantitative estimate of drug-likeness (QED) is 0.185. The van der Waals surface area contributed by atoms with Gasteiger partial charge in [0.15, 0.2) is 0 Å². The molecule has 1 unspecified atom stereocenters. The summed E-state index contributed by atoms with van der Waals surface area (Å²) in [7, 11) is 0. The maximum atomic E-state index is 2.48. The van der Waals surface area contributed by atoms with Crippen molar-refractivity contribution in [1.82, 2.24) is 4.57 Å². The number of allylic oxidation sites excluding steroid dienone is 4. The molecule has 0 radical (unpaired) electrons. The van der Waals surface area contributed by atoms with Crippen LogP contribution in [0.4, 0.5) is 0 Å². The van der Waals surface area contributed by atoms with E-state index in [1.807, 2.05) is 0 Å². The van der Waals surface area contributed by atoms with Gasteiger partial charge in [-0.15, -0.1) is 0 Å². The van der Waals surface area contributed by atoms with E-state index in [2.05, 4.69) is 187 Å². The van der Waals surface area contributed by atoms with Crippen LogP contribution >= 0.6 is 0 Å². The molecule has 7 aromatic carbocycles. The largest absolute Gasteiger partial charge is 0.309 e. The summed E-state index contributed by atoms with van der Waals surface area (Å²) in [5.74, 6) is 0.397. The zero-order valence-corrected chi connectivity index (χ0v) is 26.1. The molecule has 0 saturated heterocycles. The highest BCUT2D eigenvalue weighted by Gasteiger charge is 2.19. The number of nitrogens with zero attached hydrogens (tertiary/aromatic N) is 1. The molecule has 0 N–H and O–H groups in total. The molecule has 1 atom stereocenters. The SMILES string of the molecule is C1=CCC(c2ccc3c(c2)c2cc(-c4ccccc4)ccc2n3-c2ccc(-c3ccc(-c4ccccc4)cc3)c3ccccc23)C=C1. The molecule has 0 aliphatic heterocycles. The van der Waals surface area contributed by atoms with Crippen LogP contribution in [-0.2, 0) is 0 Å². The normalized spacial score (nSPS) is 14.3. The van der Waals surface area contributed by atoms with E-state index in [0.29, 0.717) is 5.92 Å². The average molecular weight is 600 g/mol. The average Bonchev–Trinajstić information content (AvgIpc) is 3.48. The van der Waals surface area contributed by atoms with Gasteiger partial charge >= 0.3 is 0 Å². The third kappa shape index (κ3) is 4.80. The van der Waals surface area contributed by atoms with Gasteiger partial charge in [0.05, 0.1) is 16.7 Å². The fraction of sp³-hybridized carbons (Fsp3) is 0.0435. The summed E-state index contributed by atoms with van der Waals surface area (Å²) >= 11 is 0. The Morgan fingerprint density at radius 1 is 0.426 bits per heavy atom. The van der Waals surface area contributed by atoms with Crippen molar-refractivity contribution in [1.29, 1.82) is 0 Å². The van der Waals surface area contributed by atoms with Crippen molar-refractivity contribution < 1.29 is 0 Å². The maximum Gasteiger partial charge on any atom is 0.0541 e. The first-order valence-electron chi connectivity index (χ1n) is 16.5. The summed E-state index contributed by atoms with van der Waals surface area (Å²) < 4.78 is 2.48. The first-order valence-corrected chi connectivity index (χ1v) is 16.5. The van der Waals surface area contributed by atoms with E-state index < -0.39 is 0 Å². The van der Waals surface area contributed by atoms with Crippen molar-refractivity contribution in [2.75, 3.05) is 0 Å².